The van der Waals surface area contributed by atoms with E-state index < -0.39 is 0 Å². The van der Waals surface area contributed by atoms with Crippen molar-refractivity contribution >= 4 is 33.6 Å². The number of amides is 1. The molecule has 86 valence electrons. The van der Waals surface area contributed by atoms with E-state index in [9.17, 15) is 4.79 Å². The summed E-state index contributed by atoms with van der Waals surface area (Å²) in [5, 5.41) is 3.54. The number of nitrogens with one attached hydrogen (secondary N) is 1. The Morgan fingerprint density at radius 3 is 3.12 bits per heavy atom. The van der Waals surface area contributed by atoms with Gasteiger partial charge in [-0.25, -0.2) is 4.98 Å². The lowest BCUT2D eigenvalue weighted by Crippen LogP contribution is -2.29. The van der Waals surface area contributed by atoms with Crippen LogP contribution < -0.4 is 5.32 Å². The third-order valence-electron chi connectivity index (χ3n) is 2.50. The van der Waals surface area contributed by atoms with Gasteiger partial charge in [0.15, 0.2) is 0 Å². The standard InChI is InChI=1S/C11H13BrN2OS/c12-10-4-3-8(6-13-10)11(15)14-7-9-2-1-5-16-9/h3-4,6,9H,1-2,5,7H2,(H,14,15). The van der Waals surface area contributed by atoms with Crippen molar-refractivity contribution < 1.29 is 4.79 Å². The van der Waals surface area contributed by atoms with Gasteiger partial charge in [-0.2, -0.15) is 11.8 Å². The topological polar surface area (TPSA) is 42.0 Å². The van der Waals surface area contributed by atoms with E-state index in [4.69, 9.17) is 0 Å². The second kappa shape index (κ2) is 5.68. The summed E-state index contributed by atoms with van der Waals surface area (Å²) in [4.78, 5) is 15.8. The van der Waals surface area contributed by atoms with Crippen molar-refractivity contribution in [1.29, 1.82) is 0 Å². The molecule has 1 fully saturated rings. The van der Waals surface area contributed by atoms with E-state index in [2.05, 4.69) is 26.2 Å². The van der Waals surface area contributed by atoms with E-state index in [1.165, 1.54) is 18.6 Å². The summed E-state index contributed by atoms with van der Waals surface area (Å²) in [5.41, 5.74) is 0.617. The number of pyridine rings is 1. The van der Waals surface area contributed by atoms with Gasteiger partial charge in [-0.1, -0.05) is 0 Å². The average Bonchev–Trinajstić information content (AvgIpc) is 2.80. The van der Waals surface area contributed by atoms with Gasteiger partial charge in [-0.3, -0.25) is 4.79 Å². The van der Waals surface area contributed by atoms with Gasteiger partial charge in [-0.05, 0) is 46.7 Å². The highest BCUT2D eigenvalue weighted by molar-refractivity contribution is 9.10. The number of halogens is 1. The summed E-state index contributed by atoms with van der Waals surface area (Å²) in [7, 11) is 0. The summed E-state index contributed by atoms with van der Waals surface area (Å²) < 4.78 is 0.746. The van der Waals surface area contributed by atoms with Crippen LogP contribution in [-0.4, -0.2) is 28.4 Å². The molecule has 0 saturated carbocycles. The van der Waals surface area contributed by atoms with Crippen LogP contribution in [0.15, 0.2) is 22.9 Å². The molecule has 1 N–H and O–H groups in total. The first-order chi connectivity index (χ1) is 7.75. The van der Waals surface area contributed by atoms with E-state index in [1.54, 1.807) is 18.3 Å². The zero-order chi connectivity index (χ0) is 11.4. The Labute approximate surface area is 108 Å². The molecular formula is C11H13BrN2OS. The number of hydrogen-bond donors (Lipinski definition) is 1. The number of aromatic nitrogens is 1. The number of nitrogens with zero attached hydrogens (tertiary/aromatic N) is 1. The molecule has 3 nitrogen and oxygen atoms in total. The van der Waals surface area contributed by atoms with E-state index in [1.807, 2.05) is 11.8 Å². The first kappa shape index (κ1) is 11.9. The summed E-state index contributed by atoms with van der Waals surface area (Å²) in [5.74, 6) is 1.19. The molecule has 1 aromatic heterocycles. The highest BCUT2D eigenvalue weighted by Gasteiger charge is 2.16. The largest absolute Gasteiger partial charge is 0.351 e. The van der Waals surface area contributed by atoms with Crippen LogP contribution in [0.2, 0.25) is 0 Å². The zero-order valence-corrected chi connectivity index (χ0v) is 11.2. The fourth-order valence-corrected chi connectivity index (χ4v) is 3.06. The molecule has 1 aliphatic rings. The number of thioether (sulfide) groups is 1. The molecule has 1 amide bonds. The van der Waals surface area contributed by atoms with Crippen molar-refractivity contribution in [2.24, 2.45) is 0 Å². The highest BCUT2D eigenvalue weighted by Crippen LogP contribution is 2.25. The first-order valence-corrected chi connectivity index (χ1v) is 7.11. The molecular weight excluding hydrogens is 288 g/mol. The maximum atomic E-state index is 11.7. The van der Waals surface area contributed by atoms with Gasteiger partial charge in [0.2, 0.25) is 0 Å². The van der Waals surface area contributed by atoms with Crippen molar-refractivity contribution in [2.45, 2.75) is 18.1 Å². The lowest BCUT2D eigenvalue weighted by Gasteiger charge is -2.09. The van der Waals surface area contributed by atoms with Crippen LogP contribution in [0.1, 0.15) is 23.2 Å². The number of carbonyl (C=O) groups excluding carboxylic acids is 1. The van der Waals surface area contributed by atoms with Crippen LogP contribution in [-0.2, 0) is 0 Å². The molecule has 1 unspecified atom stereocenters. The van der Waals surface area contributed by atoms with Gasteiger partial charge in [0.05, 0.1) is 5.56 Å². The second-order valence-corrected chi connectivity index (χ2v) is 5.94. The first-order valence-electron chi connectivity index (χ1n) is 5.27. The molecule has 2 heterocycles. The van der Waals surface area contributed by atoms with Crippen molar-refractivity contribution in [2.75, 3.05) is 12.3 Å². The maximum absolute atomic E-state index is 11.7. The molecule has 0 aromatic carbocycles. The Hall–Kier alpha value is -0.550. The molecule has 2 rings (SSSR count). The SMILES string of the molecule is O=C(NCC1CCCS1)c1ccc(Br)nc1. The minimum atomic E-state index is -0.0347. The van der Waals surface area contributed by atoms with Gasteiger partial charge in [0.25, 0.3) is 5.91 Å². The van der Waals surface area contributed by atoms with Crippen LogP contribution in [0.5, 0.6) is 0 Å². The van der Waals surface area contributed by atoms with E-state index >= 15 is 0 Å². The minimum Gasteiger partial charge on any atom is -0.351 e. The van der Waals surface area contributed by atoms with Crippen LogP contribution in [0, 0.1) is 0 Å². The van der Waals surface area contributed by atoms with Crippen LogP contribution in [0.25, 0.3) is 0 Å². The van der Waals surface area contributed by atoms with Crippen molar-refractivity contribution in [3.63, 3.8) is 0 Å². The Kier molecular flexibility index (Phi) is 4.23. The Bertz CT molecular complexity index is 363. The van der Waals surface area contributed by atoms with Crippen LogP contribution in [0.4, 0.5) is 0 Å². The molecule has 0 bridgehead atoms. The number of rotatable bonds is 3. The summed E-state index contributed by atoms with van der Waals surface area (Å²) in [6.45, 7) is 0.763. The Morgan fingerprint density at radius 2 is 2.50 bits per heavy atom. The molecule has 1 saturated heterocycles. The normalized spacial score (nSPS) is 19.7. The minimum absolute atomic E-state index is 0.0347. The molecule has 0 aliphatic carbocycles. The quantitative estimate of drug-likeness (QED) is 0.872. The molecule has 0 spiro atoms. The Morgan fingerprint density at radius 1 is 1.62 bits per heavy atom. The zero-order valence-electron chi connectivity index (χ0n) is 8.78. The lowest BCUT2D eigenvalue weighted by molar-refractivity contribution is 0.0953. The molecule has 16 heavy (non-hydrogen) atoms. The highest BCUT2D eigenvalue weighted by atomic mass is 79.9. The van der Waals surface area contributed by atoms with Crippen molar-refractivity contribution in [3.8, 4) is 0 Å². The number of hydrogen-bond acceptors (Lipinski definition) is 3. The van der Waals surface area contributed by atoms with E-state index in [0.29, 0.717) is 10.8 Å². The van der Waals surface area contributed by atoms with Crippen molar-refractivity contribution in [3.05, 3.63) is 28.5 Å². The fourth-order valence-electron chi connectivity index (χ4n) is 1.62. The van der Waals surface area contributed by atoms with Crippen molar-refractivity contribution in [1.82, 2.24) is 10.3 Å². The summed E-state index contributed by atoms with van der Waals surface area (Å²) in [6.07, 6.45) is 4.07. The lowest BCUT2D eigenvalue weighted by atomic mass is 10.2. The fraction of sp³-hybridized carbons (Fsp3) is 0.455. The predicted octanol–water partition coefficient (Wildman–Crippen LogP) is 2.47. The third-order valence-corrected chi connectivity index (χ3v) is 4.37. The molecule has 0 radical (unpaired) electrons. The molecule has 1 aromatic rings. The van der Waals surface area contributed by atoms with Crippen LogP contribution in [0.3, 0.4) is 0 Å². The maximum Gasteiger partial charge on any atom is 0.252 e. The monoisotopic (exact) mass is 300 g/mol. The average molecular weight is 301 g/mol. The summed E-state index contributed by atoms with van der Waals surface area (Å²) >= 11 is 5.19. The molecule has 5 heteroatoms. The second-order valence-electron chi connectivity index (χ2n) is 3.71. The summed E-state index contributed by atoms with van der Waals surface area (Å²) in [6, 6.07) is 3.55. The molecule has 1 atom stereocenters. The van der Waals surface area contributed by atoms with Gasteiger partial charge in [-0.15, -0.1) is 0 Å². The van der Waals surface area contributed by atoms with E-state index in [0.717, 1.165) is 11.1 Å². The number of carbonyl (C=O) groups is 1. The van der Waals surface area contributed by atoms with Crippen LogP contribution >= 0.6 is 27.7 Å². The third kappa shape index (κ3) is 3.22. The smallest absolute Gasteiger partial charge is 0.252 e. The Balaban J connectivity index is 1.85. The molecule has 1 aliphatic heterocycles. The van der Waals surface area contributed by atoms with E-state index in [-0.39, 0.29) is 5.91 Å². The van der Waals surface area contributed by atoms with Gasteiger partial charge in [0, 0.05) is 18.0 Å². The predicted molar refractivity (Wildman–Crippen MR) is 69.8 cm³/mol. The van der Waals surface area contributed by atoms with Gasteiger partial charge in [0.1, 0.15) is 4.60 Å². The van der Waals surface area contributed by atoms with Gasteiger partial charge >= 0.3 is 0 Å². The van der Waals surface area contributed by atoms with Gasteiger partial charge < -0.3 is 5.32 Å².